The molecule has 0 aliphatic heterocycles. The molecule has 0 saturated heterocycles. The second-order valence-electron chi connectivity index (χ2n) is 4.09. The normalized spacial score (nSPS) is 11.6. The van der Waals surface area contributed by atoms with Gasteiger partial charge < -0.3 is 20.3 Å². The topological polar surface area (TPSA) is 95.9 Å². The van der Waals surface area contributed by atoms with Gasteiger partial charge in [-0.05, 0) is 24.5 Å². The summed E-state index contributed by atoms with van der Waals surface area (Å²) in [7, 11) is 1.45. The van der Waals surface area contributed by atoms with Crippen LogP contribution in [-0.4, -0.2) is 35.7 Å². The van der Waals surface area contributed by atoms with E-state index in [0.29, 0.717) is 30.6 Å². The maximum atomic E-state index is 10.5. The Labute approximate surface area is 111 Å². The molecule has 19 heavy (non-hydrogen) atoms. The molecule has 1 atom stereocenters. The van der Waals surface area contributed by atoms with Gasteiger partial charge in [0.2, 0.25) is 6.41 Å². The minimum atomic E-state index is -0.924. The van der Waals surface area contributed by atoms with Crippen molar-refractivity contribution in [1.82, 2.24) is 5.32 Å². The molecular weight excluding hydrogens is 250 g/mol. The molecule has 0 heterocycles. The molecule has 0 aliphatic rings. The van der Waals surface area contributed by atoms with Gasteiger partial charge in [-0.2, -0.15) is 0 Å². The quantitative estimate of drug-likeness (QED) is 0.609. The molecule has 6 nitrogen and oxygen atoms in total. The van der Waals surface area contributed by atoms with E-state index in [9.17, 15) is 14.7 Å². The Morgan fingerprint density at radius 1 is 1.53 bits per heavy atom. The summed E-state index contributed by atoms with van der Waals surface area (Å²) in [5.74, 6) is -0.564. The van der Waals surface area contributed by atoms with E-state index in [2.05, 4.69) is 5.32 Å². The number of phenols is 1. The van der Waals surface area contributed by atoms with Gasteiger partial charge in [0.25, 0.3) is 0 Å². The standard InChI is InChI=1S/C13H17NO5/c1-19-11-4-2-3-9(13(11)18)7-10(14-8-15)5-6-12(16)17/h2-4,8,10,18H,5-7H2,1H3,(H,14,15)(H,16,17). The van der Waals surface area contributed by atoms with Gasteiger partial charge in [-0.1, -0.05) is 12.1 Å². The van der Waals surface area contributed by atoms with Crippen LogP contribution in [0.3, 0.4) is 0 Å². The van der Waals surface area contributed by atoms with E-state index >= 15 is 0 Å². The molecule has 1 amide bonds. The molecule has 3 N–H and O–H groups in total. The average Bonchev–Trinajstić information content (AvgIpc) is 2.38. The zero-order valence-corrected chi connectivity index (χ0v) is 10.6. The summed E-state index contributed by atoms with van der Waals surface area (Å²) in [5.41, 5.74) is 0.601. The van der Waals surface area contributed by atoms with Crippen LogP contribution in [0.5, 0.6) is 11.5 Å². The molecule has 0 spiro atoms. The predicted molar refractivity (Wildman–Crippen MR) is 68.2 cm³/mol. The molecule has 0 radical (unpaired) electrons. The third-order valence-corrected chi connectivity index (χ3v) is 2.78. The Bertz CT molecular complexity index is 447. The highest BCUT2D eigenvalue weighted by atomic mass is 16.5. The molecule has 1 rings (SSSR count). The maximum Gasteiger partial charge on any atom is 0.303 e. The monoisotopic (exact) mass is 267 g/mol. The minimum Gasteiger partial charge on any atom is -0.504 e. The first-order valence-corrected chi connectivity index (χ1v) is 5.84. The van der Waals surface area contributed by atoms with Crippen LogP contribution in [0.25, 0.3) is 0 Å². The molecule has 0 bridgehead atoms. The predicted octanol–water partition coefficient (Wildman–Crippen LogP) is 0.923. The number of aromatic hydroxyl groups is 1. The van der Waals surface area contributed by atoms with Crippen molar-refractivity contribution < 1.29 is 24.5 Å². The smallest absolute Gasteiger partial charge is 0.303 e. The summed E-state index contributed by atoms with van der Waals surface area (Å²) in [5, 5.41) is 21.1. The lowest BCUT2D eigenvalue weighted by molar-refractivity contribution is -0.137. The molecular formula is C13H17NO5. The number of rotatable bonds is 8. The van der Waals surface area contributed by atoms with Gasteiger partial charge in [-0.25, -0.2) is 0 Å². The number of benzene rings is 1. The summed E-state index contributed by atoms with van der Waals surface area (Å²) >= 11 is 0. The number of carboxylic acid groups (broad SMARTS) is 1. The molecule has 1 unspecified atom stereocenters. The van der Waals surface area contributed by atoms with Crippen molar-refractivity contribution in [3.8, 4) is 11.5 Å². The van der Waals surface area contributed by atoms with Gasteiger partial charge >= 0.3 is 5.97 Å². The van der Waals surface area contributed by atoms with E-state index < -0.39 is 5.97 Å². The lowest BCUT2D eigenvalue weighted by atomic mass is 10.0. The first-order valence-electron chi connectivity index (χ1n) is 5.84. The van der Waals surface area contributed by atoms with E-state index in [0.717, 1.165) is 0 Å². The first kappa shape index (κ1) is 14.8. The number of carboxylic acids is 1. The van der Waals surface area contributed by atoms with Gasteiger partial charge in [0.1, 0.15) is 0 Å². The van der Waals surface area contributed by atoms with Crippen molar-refractivity contribution in [3.05, 3.63) is 23.8 Å². The Hall–Kier alpha value is -2.24. The number of ether oxygens (including phenoxy) is 1. The minimum absolute atomic E-state index is 0.0121. The zero-order valence-electron chi connectivity index (χ0n) is 10.6. The number of hydrogen-bond donors (Lipinski definition) is 3. The van der Waals surface area contributed by atoms with Crippen molar-refractivity contribution in [1.29, 1.82) is 0 Å². The lowest BCUT2D eigenvalue weighted by Gasteiger charge is -2.16. The SMILES string of the molecule is COc1cccc(CC(CCC(=O)O)NC=O)c1O. The molecule has 0 aliphatic carbocycles. The third kappa shape index (κ3) is 4.50. The number of amides is 1. The zero-order chi connectivity index (χ0) is 14.3. The van der Waals surface area contributed by atoms with Crippen molar-refractivity contribution in [2.24, 2.45) is 0 Å². The summed E-state index contributed by atoms with van der Waals surface area (Å²) in [6, 6.07) is 4.71. The molecule has 6 heteroatoms. The van der Waals surface area contributed by atoms with Crippen molar-refractivity contribution >= 4 is 12.4 Å². The Morgan fingerprint density at radius 2 is 2.26 bits per heavy atom. The highest BCUT2D eigenvalue weighted by Crippen LogP contribution is 2.30. The largest absolute Gasteiger partial charge is 0.504 e. The van der Waals surface area contributed by atoms with Crippen LogP contribution in [0.2, 0.25) is 0 Å². The molecule has 1 aromatic carbocycles. The van der Waals surface area contributed by atoms with E-state index in [-0.39, 0.29) is 18.2 Å². The maximum absolute atomic E-state index is 10.5. The van der Waals surface area contributed by atoms with Crippen LogP contribution in [-0.2, 0) is 16.0 Å². The van der Waals surface area contributed by atoms with Crippen LogP contribution in [0.15, 0.2) is 18.2 Å². The van der Waals surface area contributed by atoms with Gasteiger partial charge in [-0.3, -0.25) is 9.59 Å². The fraction of sp³-hybridized carbons (Fsp3) is 0.385. The Kier molecular flexibility index (Phi) is 5.66. The number of para-hydroxylation sites is 1. The average molecular weight is 267 g/mol. The van der Waals surface area contributed by atoms with Crippen LogP contribution >= 0.6 is 0 Å². The van der Waals surface area contributed by atoms with Crippen LogP contribution in [0, 0.1) is 0 Å². The molecule has 1 aromatic rings. The van der Waals surface area contributed by atoms with E-state index in [1.54, 1.807) is 18.2 Å². The summed E-state index contributed by atoms with van der Waals surface area (Å²) in [6.07, 6.45) is 1.12. The van der Waals surface area contributed by atoms with Crippen molar-refractivity contribution in [2.45, 2.75) is 25.3 Å². The first-order chi connectivity index (χ1) is 9.08. The van der Waals surface area contributed by atoms with Gasteiger partial charge in [-0.15, -0.1) is 0 Å². The summed E-state index contributed by atoms with van der Waals surface area (Å²) in [4.78, 5) is 21.1. The number of hydrogen-bond acceptors (Lipinski definition) is 4. The number of carbonyl (C=O) groups is 2. The third-order valence-electron chi connectivity index (χ3n) is 2.78. The summed E-state index contributed by atoms with van der Waals surface area (Å²) < 4.78 is 4.99. The number of phenolic OH excluding ortho intramolecular Hbond substituents is 1. The number of carbonyl (C=O) groups excluding carboxylic acids is 1. The van der Waals surface area contributed by atoms with Gasteiger partial charge in [0.05, 0.1) is 7.11 Å². The fourth-order valence-electron chi connectivity index (χ4n) is 1.80. The second-order valence-corrected chi connectivity index (χ2v) is 4.09. The van der Waals surface area contributed by atoms with Crippen molar-refractivity contribution in [3.63, 3.8) is 0 Å². The number of methoxy groups -OCH3 is 1. The van der Waals surface area contributed by atoms with Crippen LogP contribution in [0.4, 0.5) is 0 Å². The summed E-state index contributed by atoms with van der Waals surface area (Å²) in [6.45, 7) is 0. The molecule has 0 aromatic heterocycles. The van der Waals surface area contributed by atoms with Gasteiger partial charge in [0, 0.05) is 12.5 Å². The molecule has 104 valence electrons. The number of nitrogens with one attached hydrogen (secondary N) is 1. The van der Waals surface area contributed by atoms with Crippen LogP contribution < -0.4 is 10.1 Å². The van der Waals surface area contributed by atoms with E-state index in [4.69, 9.17) is 9.84 Å². The van der Waals surface area contributed by atoms with E-state index in [1.807, 2.05) is 0 Å². The number of aliphatic carboxylic acids is 1. The fourth-order valence-corrected chi connectivity index (χ4v) is 1.80. The molecule has 0 fully saturated rings. The van der Waals surface area contributed by atoms with E-state index in [1.165, 1.54) is 7.11 Å². The van der Waals surface area contributed by atoms with Crippen LogP contribution in [0.1, 0.15) is 18.4 Å². The lowest BCUT2D eigenvalue weighted by Crippen LogP contribution is -2.30. The Balaban J connectivity index is 2.77. The van der Waals surface area contributed by atoms with Gasteiger partial charge in [0.15, 0.2) is 11.5 Å². The molecule has 0 saturated carbocycles. The van der Waals surface area contributed by atoms with Crippen molar-refractivity contribution in [2.75, 3.05) is 7.11 Å². The highest BCUT2D eigenvalue weighted by Gasteiger charge is 2.15. The second kappa shape index (κ2) is 7.25. The highest BCUT2D eigenvalue weighted by molar-refractivity contribution is 5.66. The Morgan fingerprint density at radius 3 is 2.84 bits per heavy atom.